The minimum Gasteiger partial charge on any atom is -0.341 e. The lowest BCUT2D eigenvalue weighted by Gasteiger charge is -2.19. The molecule has 2 N–H and O–H groups in total. The first kappa shape index (κ1) is 21.5. The zero-order valence-electron chi connectivity index (χ0n) is 17.8. The molecule has 1 unspecified atom stereocenters. The molecule has 6 heteroatoms. The van der Waals surface area contributed by atoms with E-state index < -0.39 is 6.04 Å². The van der Waals surface area contributed by atoms with Gasteiger partial charge in [-0.1, -0.05) is 53.7 Å². The highest BCUT2D eigenvalue weighted by atomic mass is 16.2. The van der Waals surface area contributed by atoms with E-state index in [0.29, 0.717) is 17.1 Å². The molecule has 0 aliphatic rings. The lowest BCUT2D eigenvalue weighted by atomic mass is 9.86. The molecule has 150 valence electrons. The molecule has 1 aromatic carbocycles. The summed E-state index contributed by atoms with van der Waals surface area (Å²) in [5.74, 6) is 0.0831. The van der Waals surface area contributed by atoms with Crippen molar-refractivity contribution in [3.05, 3.63) is 53.6 Å². The van der Waals surface area contributed by atoms with Gasteiger partial charge in [0.15, 0.2) is 0 Å². The van der Waals surface area contributed by atoms with Crippen LogP contribution in [0.5, 0.6) is 0 Å². The Morgan fingerprint density at radius 1 is 0.893 bits per heavy atom. The van der Waals surface area contributed by atoms with Crippen molar-refractivity contribution >= 4 is 17.5 Å². The fourth-order valence-corrected chi connectivity index (χ4v) is 2.50. The maximum absolute atomic E-state index is 12.4. The Morgan fingerprint density at radius 3 is 1.89 bits per heavy atom. The number of hydrogen-bond acceptors (Lipinski definition) is 4. The number of nitrogens with zero attached hydrogens (tertiary/aromatic N) is 2. The summed E-state index contributed by atoms with van der Waals surface area (Å²) in [5.41, 5.74) is 2.02. The van der Waals surface area contributed by atoms with E-state index in [4.69, 9.17) is 0 Å². The van der Waals surface area contributed by atoms with Crippen LogP contribution in [0.1, 0.15) is 70.2 Å². The lowest BCUT2D eigenvalue weighted by molar-refractivity contribution is -0.117. The molecule has 0 bridgehead atoms. The molecule has 1 atom stereocenters. The predicted molar refractivity (Wildman–Crippen MR) is 111 cm³/mol. The quantitative estimate of drug-likeness (QED) is 0.842. The normalized spacial score (nSPS) is 13.0. The van der Waals surface area contributed by atoms with Gasteiger partial charge in [-0.05, 0) is 30.0 Å². The van der Waals surface area contributed by atoms with Gasteiger partial charge in [-0.15, -0.1) is 0 Å². The Hall–Kier alpha value is -2.76. The third kappa shape index (κ3) is 5.62. The van der Waals surface area contributed by atoms with Crippen LogP contribution in [-0.4, -0.2) is 27.8 Å². The van der Waals surface area contributed by atoms with E-state index in [1.807, 2.05) is 32.9 Å². The number of nitrogens with one attached hydrogen (secondary N) is 2. The second-order valence-corrected chi connectivity index (χ2v) is 9.06. The summed E-state index contributed by atoms with van der Waals surface area (Å²) in [7, 11) is 0. The summed E-state index contributed by atoms with van der Waals surface area (Å²) in [6.07, 6.45) is 3.15. The summed E-state index contributed by atoms with van der Waals surface area (Å²) in [6, 6.07) is 6.73. The van der Waals surface area contributed by atoms with Crippen molar-refractivity contribution in [3.63, 3.8) is 0 Å². The van der Waals surface area contributed by atoms with Crippen LogP contribution >= 0.6 is 0 Å². The zero-order valence-corrected chi connectivity index (χ0v) is 17.8. The fraction of sp³-hybridized carbons (Fsp3) is 0.455. The third-order valence-corrected chi connectivity index (χ3v) is 4.34. The Labute approximate surface area is 167 Å². The smallest absolute Gasteiger partial charge is 0.251 e. The van der Waals surface area contributed by atoms with Gasteiger partial charge in [0, 0.05) is 11.0 Å². The first-order valence-electron chi connectivity index (χ1n) is 9.43. The molecule has 0 aliphatic carbocycles. The molecule has 0 aliphatic heterocycles. The summed E-state index contributed by atoms with van der Waals surface area (Å²) >= 11 is 0. The van der Waals surface area contributed by atoms with Crippen LogP contribution in [0.2, 0.25) is 0 Å². The van der Waals surface area contributed by atoms with Crippen molar-refractivity contribution in [1.29, 1.82) is 0 Å². The lowest BCUT2D eigenvalue weighted by Crippen LogP contribution is -2.41. The van der Waals surface area contributed by atoms with Crippen LogP contribution in [-0.2, 0) is 15.6 Å². The van der Waals surface area contributed by atoms with E-state index in [0.717, 1.165) is 5.56 Å². The van der Waals surface area contributed by atoms with E-state index in [-0.39, 0.29) is 22.6 Å². The SMILES string of the molecule is CC(NC(=O)c1ccc(C(C)(C)C)cc1)C(=O)Nc1cnc(C(C)(C)C)nc1. The number of carbonyl (C=O) groups is 2. The van der Waals surface area contributed by atoms with Crippen molar-refractivity contribution < 1.29 is 9.59 Å². The molecule has 0 fully saturated rings. The van der Waals surface area contributed by atoms with Gasteiger partial charge in [-0.25, -0.2) is 9.97 Å². The molecule has 0 radical (unpaired) electrons. The molecular formula is C22H30N4O2. The van der Waals surface area contributed by atoms with E-state index in [1.54, 1.807) is 31.5 Å². The summed E-state index contributed by atoms with van der Waals surface area (Å²) in [5, 5.41) is 5.45. The molecule has 6 nitrogen and oxygen atoms in total. The minimum absolute atomic E-state index is 0.0206. The topological polar surface area (TPSA) is 84.0 Å². The van der Waals surface area contributed by atoms with Crippen molar-refractivity contribution in [2.75, 3.05) is 5.32 Å². The molecule has 0 saturated carbocycles. The Balaban J connectivity index is 1.97. The number of carbonyl (C=O) groups excluding carboxylic acids is 2. The van der Waals surface area contributed by atoms with Crippen molar-refractivity contribution in [2.24, 2.45) is 0 Å². The number of aromatic nitrogens is 2. The molecule has 1 heterocycles. The van der Waals surface area contributed by atoms with E-state index in [9.17, 15) is 9.59 Å². The number of amides is 2. The number of anilines is 1. The number of rotatable bonds is 4. The van der Waals surface area contributed by atoms with Gasteiger partial charge in [0.05, 0.1) is 18.1 Å². The molecule has 0 saturated heterocycles. The highest BCUT2D eigenvalue weighted by Gasteiger charge is 2.20. The molecule has 28 heavy (non-hydrogen) atoms. The molecular weight excluding hydrogens is 352 g/mol. The molecule has 1 aromatic heterocycles. The molecule has 2 aromatic rings. The van der Waals surface area contributed by atoms with Crippen LogP contribution in [0.15, 0.2) is 36.7 Å². The Morgan fingerprint density at radius 2 is 1.43 bits per heavy atom. The minimum atomic E-state index is -0.697. The summed E-state index contributed by atoms with van der Waals surface area (Å²) < 4.78 is 0. The van der Waals surface area contributed by atoms with Crippen LogP contribution in [0, 0.1) is 0 Å². The number of hydrogen-bond donors (Lipinski definition) is 2. The van der Waals surface area contributed by atoms with E-state index in [2.05, 4.69) is 41.4 Å². The second kappa shape index (κ2) is 8.09. The number of benzene rings is 1. The third-order valence-electron chi connectivity index (χ3n) is 4.34. The Kier molecular flexibility index (Phi) is 6.22. The first-order valence-corrected chi connectivity index (χ1v) is 9.43. The average molecular weight is 383 g/mol. The van der Waals surface area contributed by atoms with Crippen molar-refractivity contribution in [3.8, 4) is 0 Å². The van der Waals surface area contributed by atoms with Gasteiger partial charge in [-0.2, -0.15) is 0 Å². The second-order valence-electron chi connectivity index (χ2n) is 9.06. The van der Waals surface area contributed by atoms with Crippen LogP contribution in [0.3, 0.4) is 0 Å². The molecule has 0 spiro atoms. The standard InChI is InChI=1S/C22H30N4O2/c1-14(18(27)26-17-12-23-20(24-13-17)22(5,6)7)25-19(28)15-8-10-16(11-9-15)21(2,3)4/h8-14H,1-7H3,(H,25,28)(H,26,27). The monoisotopic (exact) mass is 382 g/mol. The van der Waals surface area contributed by atoms with Crippen LogP contribution in [0.25, 0.3) is 0 Å². The van der Waals surface area contributed by atoms with Gasteiger partial charge in [0.2, 0.25) is 5.91 Å². The first-order chi connectivity index (χ1) is 12.9. The molecule has 2 amide bonds. The van der Waals surface area contributed by atoms with E-state index >= 15 is 0 Å². The Bertz CT molecular complexity index is 829. The van der Waals surface area contributed by atoms with Gasteiger partial charge in [0.25, 0.3) is 5.91 Å². The summed E-state index contributed by atoms with van der Waals surface area (Å²) in [6.45, 7) is 14.1. The van der Waals surface area contributed by atoms with Gasteiger partial charge >= 0.3 is 0 Å². The van der Waals surface area contributed by atoms with Crippen molar-refractivity contribution in [1.82, 2.24) is 15.3 Å². The van der Waals surface area contributed by atoms with E-state index in [1.165, 1.54) is 0 Å². The zero-order chi connectivity index (χ0) is 21.1. The maximum atomic E-state index is 12.4. The van der Waals surface area contributed by atoms with Crippen LogP contribution in [0.4, 0.5) is 5.69 Å². The van der Waals surface area contributed by atoms with Crippen molar-refractivity contribution in [2.45, 2.75) is 65.3 Å². The average Bonchev–Trinajstić information content (AvgIpc) is 2.60. The fourth-order valence-electron chi connectivity index (χ4n) is 2.50. The van der Waals surface area contributed by atoms with Gasteiger partial charge in [-0.3, -0.25) is 9.59 Å². The summed E-state index contributed by atoms with van der Waals surface area (Å²) in [4.78, 5) is 33.3. The largest absolute Gasteiger partial charge is 0.341 e. The highest BCUT2D eigenvalue weighted by molar-refractivity contribution is 6.00. The molecule has 2 rings (SSSR count). The predicted octanol–water partition coefficient (Wildman–Crippen LogP) is 3.83. The van der Waals surface area contributed by atoms with Gasteiger partial charge in [0.1, 0.15) is 11.9 Å². The van der Waals surface area contributed by atoms with Gasteiger partial charge < -0.3 is 10.6 Å². The maximum Gasteiger partial charge on any atom is 0.251 e. The highest BCUT2D eigenvalue weighted by Crippen LogP contribution is 2.22. The van der Waals surface area contributed by atoms with Crippen LogP contribution < -0.4 is 10.6 Å².